The van der Waals surface area contributed by atoms with Crippen molar-refractivity contribution in [3.63, 3.8) is 0 Å². The Labute approximate surface area is 119 Å². The average molecular weight is 275 g/mol. The zero-order valence-electron chi connectivity index (χ0n) is 11.7. The number of rotatable bonds is 5. The molecule has 19 heavy (non-hydrogen) atoms. The molecule has 4 heteroatoms. The zero-order valence-corrected chi connectivity index (χ0v) is 12.5. The molecule has 2 heterocycles. The number of hydrogen-bond acceptors (Lipinski definition) is 4. The highest BCUT2D eigenvalue weighted by Gasteiger charge is 2.18. The van der Waals surface area contributed by atoms with Crippen LogP contribution in [-0.2, 0) is 6.54 Å². The number of pyridine rings is 1. The number of nitrogens with zero attached hydrogens (tertiary/aromatic N) is 2. The fourth-order valence-electron chi connectivity index (χ4n) is 2.08. The van der Waals surface area contributed by atoms with Crippen molar-refractivity contribution < 1.29 is 0 Å². The maximum absolute atomic E-state index is 6.06. The first kappa shape index (κ1) is 14.0. The SMILES string of the molecule is CC(N)c1cccnc1N(Cc1cccs1)C(C)C. The van der Waals surface area contributed by atoms with Gasteiger partial charge in [0.05, 0.1) is 6.54 Å². The second kappa shape index (κ2) is 6.17. The first-order chi connectivity index (χ1) is 9.09. The van der Waals surface area contributed by atoms with Gasteiger partial charge in [0, 0.05) is 28.7 Å². The summed E-state index contributed by atoms with van der Waals surface area (Å²) in [5, 5.41) is 2.11. The summed E-state index contributed by atoms with van der Waals surface area (Å²) in [4.78, 5) is 8.21. The van der Waals surface area contributed by atoms with Crippen molar-refractivity contribution in [2.75, 3.05) is 4.90 Å². The fourth-order valence-corrected chi connectivity index (χ4v) is 2.78. The lowest BCUT2D eigenvalue weighted by atomic mass is 10.1. The summed E-state index contributed by atoms with van der Waals surface area (Å²) in [6.45, 7) is 7.26. The highest BCUT2D eigenvalue weighted by atomic mass is 32.1. The van der Waals surface area contributed by atoms with Gasteiger partial charge in [-0.05, 0) is 38.3 Å². The summed E-state index contributed by atoms with van der Waals surface area (Å²) in [5.41, 5.74) is 7.17. The molecule has 0 saturated carbocycles. The highest BCUT2D eigenvalue weighted by molar-refractivity contribution is 7.09. The van der Waals surface area contributed by atoms with Gasteiger partial charge in [0.15, 0.2) is 0 Å². The van der Waals surface area contributed by atoms with E-state index in [0.717, 1.165) is 17.9 Å². The minimum atomic E-state index is -0.00622. The van der Waals surface area contributed by atoms with E-state index < -0.39 is 0 Å². The van der Waals surface area contributed by atoms with E-state index in [1.54, 1.807) is 11.3 Å². The number of anilines is 1. The maximum atomic E-state index is 6.06. The smallest absolute Gasteiger partial charge is 0.133 e. The largest absolute Gasteiger partial charge is 0.349 e. The van der Waals surface area contributed by atoms with Gasteiger partial charge in [-0.15, -0.1) is 11.3 Å². The first-order valence-electron chi connectivity index (χ1n) is 6.59. The van der Waals surface area contributed by atoms with Crippen LogP contribution in [0, 0.1) is 0 Å². The maximum Gasteiger partial charge on any atom is 0.133 e. The zero-order chi connectivity index (χ0) is 13.8. The fraction of sp³-hybridized carbons (Fsp3) is 0.400. The molecule has 1 unspecified atom stereocenters. The van der Waals surface area contributed by atoms with Gasteiger partial charge in [-0.2, -0.15) is 0 Å². The van der Waals surface area contributed by atoms with Crippen LogP contribution in [0.15, 0.2) is 35.8 Å². The van der Waals surface area contributed by atoms with Gasteiger partial charge < -0.3 is 10.6 Å². The number of hydrogen-bond donors (Lipinski definition) is 1. The molecule has 0 aromatic carbocycles. The minimum absolute atomic E-state index is 0.00622. The summed E-state index contributed by atoms with van der Waals surface area (Å²) in [5.74, 6) is 1.00. The lowest BCUT2D eigenvalue weighted by molar-refractivity contribution is 0.664. The molecule has 0 spiro atoms. The summed E-state index contributed by atoms with van der Waals surface area (Å²) in [7, 11) is 0. The Balaban J connectivity index is 2.34. The van der Waals surface area contributed by atoms with Gasteiger partial charge in [0.2, 0.25) is 0 Å². The minimum Gasteiger partial charge on any atom is -0.349 e. The highest BCUT2D eigenvalue weighted by Crippen LogP contribution is 2.26. The molecule has 2 rings (SSSR count). The molecular formula is C15H21N3S. The first-order valence-corrected chi connectivity index (χ1v) is 7.47. The van der Waals surface area contributed by atoms with Gasteiger partial charge in [0.1, 0.15) is 5.82 Å². The molecule has 2 aromatic rings. The monoisotopic (exact) mass is 275 g/mol. The van der Waals surface area contributed by atoms with E-state index in [4.69, 9.17) is 5.73 Å². The predicted octanol–water partition coefficient (Wildman–Crippen LogP) is 3.58. The van der Waals surface area contributed by atoms with Crippen molar-refractivity contribution in [2.24, 2.45) is 5.73 Å². The third-order valence-corrected chi connectivity index (χ3v) is 3.97. The molecule has 1 atom stereocenters. The van der Waals surface area contributed by atoms with Crippen molar-refractivity contribution in [1.82, 2.24) is 4.98 Å². The molecule has 0 fully saturated rings. The lowest BCUT2D eigenvalue weighted by Crippen LogP contribution is -2.32. The molecule has 2 N–H and O–H groups in total. The number of nitrogens with two attached hydrogens (primary N) is 1. The van der Waals surface area contributed by atoms with Crippen LogP contribution >= 0.6 is 11.3 Å². The average Bonchev–Trinajstić information content (AvgIpc) is 2.88. The van der Waals surface area contributed by atoms with Crippen molar-refractivity contribution >= 4 is 17.2 Å². The van der Waals surface area contributed by atoms with E-state index in [0.29, 0.717) is 6.04 Å². The Morgan fingerprint density at radius 2 is 2.05 bits per heavy atom. The molecule has 0 amide bonds. The molecule has 0 aliphatic carbocycles. The van der Waals surface area contributed by atoms with Gasteiger partial charge in [-0.3, -0.25) is 0 Å². The van der Waals surface area contributed by atoms with Crippen LogP contribution in [-0.4, -0.2) is 11.0 Å². The van der Waals surface area contributed by atoms with E-state index in [9.17, 15) is 0 Å². The number of aromatic nitrogens is 1. The molecule has 0 radical (unpaired) electrons. The molecule has 3 nitrogen and oxygen atoms in total. The summed E-state index contributed by atoms with van der Waals surface area (Å²) in [6.07, 6.45) is 1.84. The van der Waals surface area contributed by atoms with Crippen LogP contribution in [0.5, 0.6) is 0 Å². The van der Waals surface area contributed by atoms with Crippen LogP contribution in [0.1, 0.15) is 37.3 Å². The second-order valence-corrected chi connectivity index (χ2v) is 6.04. The topological polar surface area (TPSA) is 42.1 Å². The third-order valence-electron chi connectivity index (χ3n) is 3.11. The lowest BCUT2D eigenvalue weighted by Gasteiger charge is -2.30. The Hall–Kier alpha value is -1.39. The van der Waals surface area contributed by atoms with E-state index in [1.807, 2.05) is 19.2 Å². The van der Waals surface area contributed by atoms with Crippen LogP contribution in [0.25, 0.3) is 0 Å². The van der Waals surface area contributed by atoms with E-state index in [-0.39, 0.29) is 6.04 Å². The van der Waals surface area contributed by atoms with Crippen LogP contribution in [0.4, 0.5) is 5.82 Å². The molecule has 102 valence electrons. The molecular weight excluding hydrogens is 254 g/mol. The normalized spacial score (nSPS) is 12.7. The Bertz CT molecular complexity index is 506. The van der Waals surface area contributed by atoms with Gasteiger partial charge in [-0.1, -0.05) is 12.1 Å². The molecule has 0 saturated heterocycles. The van der Waals surface area contributed by atoms with E-state index >= 15 is 0 Å². The quantitative estimate of drug-likeness (QED) is 0.907. The molecule has 2 aromatic heterocycles. The second-order valence-electron chi connectivity index (χ2n) is 5.01. The van der Waals surface area contributed by atoms with E-state index in [2.05, 4.69) is 47.3 Å². The van der Waals surface area contributed by atoms with Crippen molar-refractivity contribution in [2.45, 2.75) is 39.4 Å². The molecule has 0 bridgehead atoms. The van der Waals surface area contributed by atoms with Crippen molar-refractivity contribution in [3.05, 3.63) is 46.3 Å². The summed E-state index contributed by atoms with van der Waals surface area (Å²) >= 11 is 1.78. The van der Waals surface area contributed by atoms with Crippen molar-refractivity contribution in [3.8, 4) is 0 Å². The predicted molar refractivity (Wildman–Crippen MR) is 82.5 cm³/mol. The summed E-state index contributed by atoms with van der Waals surface area (Å²) < 4.78 is 0. The van der Waals surface area contributed by atoms with Crippen LogP contribution < -0.4 is 10.6 Å². The Kier molecular flexibility index (Phi) is 4.56. The molecule has 0 aliphatic rings. The van der Waals surface area contributed by atoms with Crippen molar-refractivity contribution in [1.29, 1.82) is 0 Å². The standard InChI is InChI=1S/C15H21N3S/c1-11(2)18(10-13-6-5-9-19-13)15-14(12(3)16)7-4-8-17-15/h4-9,11-12H,10,16H2,1-3H3. The van der Waals surface area contributed by atoms with Crippen LogP contribution in [0.3, 0.4) is 0 Å². The number of thiophene rings is 1. The Morgan fingerprint density at radius 3 is 2.63 bits per heavy atom. The summed E-state index contributed by atoms with van der Waals surface area (Å²) in [6, 6.07) is 8.64. The Morgan fingerprint density at radius 1 is 1.26 bits per heavy atom. The van der Waals surface area contributed by atoms with Crippen LogP contribution in [0.2, 0.25) is 0 Å². The van der Waals surface area contributed by atoms with Gasteiger partial charge >= 0.3 is 0 Å². The third kappa shape index (κ3) is 3.33. The van der Waals surface area contributed by atoms with Gasteiger partial charge in [-0.25, -0.2) is 4.98 Å². The van der Waals surface area contributed by atoms with E-state index in [1.165, 1.54) is 4.88 Å². The molecule has 0 aliphatic heterocycles. The van der Waals surface area contributed by atoms with Gasteiger partial charge in [0.25, 0.3) is 0 Å².